The van der Waals surface area contributed by atoms with Crippen molar-refractivity contribution in [1.29, 1.82) is 0 Å². The van der Waals surface area contributed by atoms with E-state index in [1.165, 1.54) is 15.3 Å². The SMILES string of the molecule is C[C@@H](NC(=O)CN1CCc2sccc2[C@@H]1c1cccs1)c1ccccc1. The minimum atomic E-state index is 0.0189. The molecule has 2 atom stereocenters. The zero-order valence-corrected chi connectivity index (χ0v) is 16.4. The Bertz CT molecular complexity index is 857. The van der Waals surface area contributed by atoms with Crippen LogP contribution in [-0.4, -0.2) is 23.9 Å². The van der Waals surface area contributed by atoms with Crippen LogP contribution >= 0.6 is 22.7 Å². The van der Waals surface area contributed by atoms with Crippen LogP contribution in [0.5, 0.6) is 0 Å². The third-order valence-electron chi connectivity index (χ3n) is 4.90. The molecule has 1 amide bonds. The number of nitrogens with zero attached hydrogens (tertiary/aromatic N) is 1. The normalized spacial score (nSPS) is 18.3. The minimum absolute atomic E-state index is 0.0189. The summed E-state index contributed by atoms with van der Waals surface area (Å²) < 4.78 is 0. The summed E-state index contributed by atoms with van der Waals surface area (Å²) >= 11 is 3.60. The van der Waals surface area contributed by atoms with Crippen molar-refractivity contribution in [2.45, 2.75) is 25.4 Å². The van der Waals surface area contributed by atoms with Crippen LogP contribution in [0.3, 0.4) is 0 Å². The molecule has 0 bridgehead atoms. The summed E-state index contributed by atoms with van der Waals surface area (Å²) in [4.78, 5) is 17.8. The van der Waals surface area contributed by atoms with E-state index in [2.05, 4.69) is 51.3 Å². The maximum Gasteiger partial charge on any atom is 0.234 e. The molecule has 3 heterocycles. The highest BCUT2D eigenvalue weighted by atomic mass is 32.1. The van der Waals surface area contributed by atoms with E-state index in [-0.39, 0.29) is 18.0 Å². The fourth-order valence-electron chi connectivity index (χ4n) is 3.62. The highest BCUT2D eigenvalue weighted by Gasteiger charge is 2.31. The molecule has 5 heteroatoms. The Kier molecular flexibility index (Phi) is 5.20. The zero-order valence-electron chi connectivity index (χ0n) is 14.7. The molecule has 1 aliphatic heterocycles. The Hall–Kier alpha value is -1.95. The molecule has 3 aromatic rings. The van der Waals surface area contributed by atoms with Gasteiger partial charge < -0.3 is 5.32 Å². The molecule has 0 saturated heterocycles. The fraction of sp³-hybridized carbons (Fsp3) is 0.286. The van der Waals surface area contributed by atoms with Gasteiger partial charge in [-0.1, -0.05) is 36.4 Å². The van der Waals surface area contributed by atoms with Gasteiger partial charge in [0.05, 0.1) is 18.6 Å². The lowest BCUT2D eigenvalue weighted by Gasteiger charge is -2.35. The van der Waals surface area contributed by atoms with E-state index in [9.17, 15) is 4.79 Å². The quantitative estimate of drug-likeness (QED) is 0.697. The smallest absolute Gasteiger partial charge is 0.234 e. The van der Waals surface area contributed by atoms with Crippen LogP contribution < -0.4 is 5.32 Å². The predicted molar refractivity (Wildman–Crippen MR) is 109 cm³/mol. The Morgan fingerprint density at radius 1 is 1.15 bits per heavy atom. The van der Waals surface area contributed by atoms with Crippen LogP contribution in [0.4, 0.5) is 0 Å². The van der Waals surface area contributed by atoms with Crippen LogP contribution in [0.1, 0.15) is 39.9 Å². The van der Waals surface area contributed by atoms with Gasteiger partial charge in [0.15, 0.2) is 0 Å². The number of rotatable bonds is 5. The lowest BCUT2D eigenvalue weighted by Crippen LogP contribution is -2.43. The zero-order chi connectivity index (χ0) is 17.9. The van der Waals surface area contributed by atoms with Gasteiger partial charge in [-0.05, 0) is 47.4 Å². The van der Waals surface area contributed by atoms with Crippen molar-refractivity contribution < 1.29 is 4.79 Å². The van der Waals surface area contributed by atoms with Gasteiger partial charge in [-0.2, -0.15) is 0 Å². The monoisotopic (exact) mass is 382 g/mol. The van der Waals surface area contributed by atoms with Crippen molar-refractivity contribution in [1.82, 2.24) is 10.2 Å². The molecule has 1 aromatic carbocycles. The lowest BCUT2D eigenvalue weighted by atomic mass is 9.98. The third-order valence-corrected chi connectivity index (χ3v) is 6.82. The molecule has 3 nitrogen and oxygen atoms in total. The van der Waals surface area contributed by atoms with Crippen molar-refractivity contribution in [3.63, 3.8) is 0 Å². The summed E-state index contributed by atoms with van der Waals surface area (Å²) in [6.07, 6.45) is 1.02. The van der Waals surface area contributed by atoms with Crippen molar-refractivity contribution in [3.05, 3.63) is 80.2 Å². The topological polar surface area (TPSA) is 32.3 Å². The summed E-state index contributed by atoms with van der Waals surface area (Å²) in [6, 6.07) is 16.8. The van der Waals surface area contributed by atoms with E-state index in [0.29, 0.717) is 6.54 Å². The summed E-state index contributed by atoms with van der Waals surface area (Å²) in [5.41, 5.74) is 2.50. The standard InChI is InChI=1S/C21H22N2OS2/c1-15(16-6-3-2-4-7-16)22-20(24)14-23-11-9-18-17(10-13-26-18)21(23)19-8-5-12-25-19/h2-8,10,12-13,15,21H,9,11,14H2,1H3,(H,22,24)/t15-,21-/m1/s1. The number of carbonyl (C=O) groups is 1. The molecular formula is C21H22N2OS2. The Morgan fingerprint density at radius 3 is 2.77 bits per heavy atom. The van der Waals surface area contributed by atoms with Crippen LogP contribution in [0.25, 0.3) is 0 Å². The summed E-state index contributed by atoms with van der Waals surface area (Å²) in [5.74, 6) is 0.0848. The van der Waals surface area contributed by atoms with Crippen LogP contribution in [-0.2, 0) is 11.2 Å². The van der Waals surface area contributed by atoms with Gasteiger partial charge in [0, 0.05) is 16.3 Å². The van der Waals surface area contributed by atoms with Gasteiger partial charge in [-0.25, -0.2) is 0 Å². The maximum atomic E-state index is 12.7. The molecule has 26 heavy (non-hydrogen) atoms. The Labute approximate surface area is 162 Å². The molecule has 0 aliphatic carbocycles. The fourth-order valence-corrected chi connectivity index (χ4v) is 5.40. The summed E-state index contributed by atoms with van der Waals surface area (Å²) in [6.45, 7) is 3.38. The average Bonchev–Trinajstić information content (AvgIpc) is 3.34. The number of amides is 1. The maximum absolute atomic E-state index is 12.7. The van der Waals surface area contributed by atoms with Crippen LogP contribution in [0.2, 0.25) is 0 Å². The largest absolute Gasteiger partial charge is 0.348 e. The van der Waals surface area contributed by atoms with E-state index in [4.69, 9.17) is 0 Å². The number of nitrogens with one attached hydrogen (secondary N) is 1. The molecule has 0 unspecified atom stereocenters. The van der Waals surface area contributed by atoms with Crippen LogP contribution in [0.15, 0.2) is 59.3 Å². The van der Waals surface area contributed by atoms with Crippen molar-refractivity contribution >= 4 is 28.6 Å². The van der Waals surface area contributed by atoms with E-state index < -0.39 is 0 Å². The number of carbonyl (C=O) groups excluding carboxylic acids is 1. The van der Waals surface area contributed by atoms with Crippen LogP contribution in [0, 0.1) is 0 Å². The summed E-state index contributed by atoms with van der Waals surface area (Å²) in [5, 5.41) is 7.44. The molecule has 4 rings (SSSR count). The second-order valence-electron chi connectivity index (χ2n) is 6.64. The second kappa shape index (κ2) is 7.74. The highest BCUT2D eigenvalue weighted by molar-refractivity contribution is 7.10. The number of hydrogen-bond acceptors (Lipinski definition) is 4. The molecule has 0 radical (unpaired) electrons. The van der Waals surface area contributed by atoms with Crippen molar-refractivity contribution in [2.24, 2.45) is 0 Å². The van der Waals surface area contributed by atoms with Gasteiger partial charge in [-0.15, -0.1) is 22.7 Å². The van der Waals surface area contributed by atoms with Gasteiger partial charge in [0.1, 0.15) is 0 Å². The van der Waals surface area contributed by atoms with Gasteiger partial charge >= 0.3 is 0 Å². The molecule has 0 spiro atoms. The first-order valence-corrected chi connectivity index (χ1v) is 10.7. The van der Waals surface area contributed by atoms with E-state index in [0.717, 1.165) is 18.5 Å². The molecule has 0 saturated carbocycles. The average molecular weight is 383 g/mol. The minimum Gasteiger partial charge on any atom is -0.348 e. The molecule has 1 aliphatic rings. The van der Waals surface area contributed by atoms with E-state index in [1.54, 1.807) is 11.3 Å². The molecular weight excluding hydrogens is 360 g/mol. The van der Waals surface area contributed by atoms with Crippen molar-refractivity contribution in [3.8, 4) is 0 Å². The van der Waals surface area contributed by atoms with Gasteiger partial charge in [-0.3, -0.25) is 9.69 Å². The lowest BCUT2D eigenvalue weighted by molar-refractivity contribution is -0.123. The number of hydrogen-bond donors (Lipinski definition) is 1. The highest BCUT2D eigenvalue weighted by Crippen LogP contribution is 2.39. The number of fused-ring (bicyclic) bond motifs is 1. The Morgan fingerprint density at radius 2 is 2.00 bits per heavy atom. The van der Waals surface area contributed by atoms with E-state index >= 15 is 0 Å². The molecule has 1 N–H and O–H groups in total. The molecule has 0 fully saturated rings. The van der Waals surface area contributed by atoms with E-state index in [1.807, 2.05) is 36.5 Å². The second-order valence-corrected chi connectivity index (χ2v) is 8.62. The first-order chi connectivity index (χ1) is 12.7. The number of benzene rings is 1. The predicted octanol–water partition coefficient (Wildman–Crippen LogP) is 4.63. The van der Waals surface area contributed by atoms with Gasteiger partial charge in [0.25, 0.3) is 0 Å². The van der Waals surface area contributed by atoms with Gasteiger partial charge in [0.2, 0.25) is 5.91 Å². The Balaban J connectivity index is 1.49. The third kappa shape index (κ3) is 3.61. The molecule has 2 aromatic heterocycles. The first-order valence-electron chi connectivity index (χ1n) is 8.90. The first kappa shape index (κ1) is 17.5. The summed E-state index contributed by atoms with van der Waals surface area (Å²) in [7, 11) is 0. The molecule has 134 valence electrons. The van der Waals surface area contributed by atoms with Crippen molar-refractivity contribution in [2.75, 3.05) is 13.1 Å². The number of thiophene rings is 2.